The van der Waals surface area contributed by atoms with E-state index in [9.17, 15) is 9.59 Å². The summed E-state index contributed by atoms with van der Waals surface area (Å²) in [6, 6.07) is 6.99. The third kappa shape index (κ3) is 6.76. The third-order valence-corrected chi connectivity index (χ3v) is 2.88. The van der Waals surface area contributed by atoms with Crippen LogP contribution in [-0.2, 0) is 16.0 Å². The highest BCUT2D eigenvalue weighted by Gasteiger charge is 2.06. The van der Waals surface area contributed by atoms with Gasteiger partial charge in [-0.15, -0.1) is 0 Å². The van der Waals surface area contributed by atoms with Gasteiger partial charge in [0.25, 0.3) is 0 Å². The normalized spacial score (nSPS) is 10.0. The van der Waals surface area contributed by atoms with E-state index in [1.165, 1.54) is 0 Å². The van der Waals surface area contributed by atoms with Crippen LogP contribution in [0.1, 0.15) is 12.0 Å². The lowest BCUT2D eigenvalue weighted by atomic mass is 10.1. The second-order valence-corrected chi connectivity index (χ2v) is 4.89. The van der Waals surface area contributed by atoms with Crippen LogP contribution in [-0.4, -0.2) is 51.2 Å². The monoisotopic (exact) mass is 293 g/mol. The second-order valence-electron chi connectivity index (χ2n) is 4.89. The van der Waals surface area contributed by atoms with E-state index in [-0.39, 0.29) is 11.9 Å². The van der Waals surface area contributed by atoms with Crippen LogP contribution in [0.15, 0.2) is 24.3 Å². The number of nitrogens with one attached hydrogen (secondary N) is 2. The maximum absolute atomic E-state index is 11.6. The van der Waals surface area contributed by atoms with Crippen LogP contribution in [0.25, 0.3) is 0 Å². The molecule has 0 radical (unpaired) electrons. The van der Waals surface area contributed by atoms with Crippen LogP contribution < -0.4 is 10.6 Å². The van der Waals surface area contributed by atoms with Crippen LogP contribution in [0.4, 0.5) is 10.5 Å². The first kappa shape index (κ1) is 17.0. The van der Waals surface area contributed by atoms with Gasteiger partial charge in [0.1, 0.15) is 0 Å². The molecule has 3 amide bonds. The van der Waals surface area contributed by atoms with Crippen LogP contribution in [0, 0.1) is 0 Å². The number of methoxy groups -OCH3 is 1. The number of ether oxygens (including phenoxy) is 1. The van der Waals surface area contributed by atoms with Gasteiger partial charge in [0.15, 0.2) is 0 Å². The number of anilines is 1. The number of hydrogen-bond acceptors (Lipinski definition) is 3. The summed E-state index contributed by atoms with van der Waals surface area (Å²) in [4.78, 5) is 24.7. The minimum Gasteiger partial charge on any atom is -0.385 e. The van der Waals surface area contributed by atoms with Gasteiger partial charge in [-0.1, -0.05) is 12.1 Å². The van der Waals surface area contributed by atoms with Crippen molar-refractivity contribution in [3.63, 3.8) is 0 Å². The first-order chi connectivity index (χ1) is 10.0. The van der Waals surface area contributed by atoms with E-state index in [1.807, 2.05) is 12.1 Å². The standard InChI is InChI=1S/C15H23N3O3/c1-18(2)14(19)11-12-5-7-13(8-6-12)17-15(20)16-9-4-10-21-3/h5-8H,4,9-11H2,1-3H3,(H2,16,17,20). The van der Waals surface area contributed by atoms with Crippen LogP contribution >= 0.6 is 0 Å². The zero-order valence-corrected chi connectivity index (χ0v) is 12.8. The maximum Gasteiger partial charge on any atom is 0.319 e. The fourth-order valence-corrected chi connectivity index (χ4v) is 1.63. The Hall–Kier alpha value is -2.08. The van der Waals surface area contributed by atoms with Gasteiger partial charge in [0.05, 0.1) is 6.42 Å². The predicted octanol–water partition coefficient (Wildman–Crippen LogP) is 1.48. The lowest BCUT2D eigenvalue weighted by molar-refractivity contribution is -0.127. The Balaban J connectivity index is 2.40. The first-order valence-corrected chi connectivity index (χ1v) is 6.86. The molecule has 0 heterocycles. The zero-order valence-electron chi connectivity index (χ0n) is 12.8. The Morgan fingerprint density at radius 2 is 1.86 bits per heavy atom. The van der Waals surface area contributed by atoms with Crippen molar-refractivity contribution < 1.29 is 14.3 Å². The van der Waals surface area contributed by atoms with E-state index >= 15 is 0 Å². The number of likely N-dealkylation sites (N-methyl/N-ethyl adjacent to an activating group) is 1. The summed E-state index contributed by atoms with van der Waals surface area (Å²) in [5, 5.41) is 5.47. The number of nitrogens with zero attached hydrogens (tertiary/aromatic N) is 1. The largest absolute Gasteiger partial charge is 0.385 e. The van der Waals surface area contributed by atoms with Gasteiger partial charge >= 0.3 is 6.03 Å². The lowest BCUT2D eigenvalue weighted by Gasteiger charge is -2.11. The molecule has 6 nitrogen and oxygen atoms in total. The number of rotatable bonds is 7. The Bertz CT molecular complexity index is 458. The van der Waals surface area contributed by atoms with E-state index in [0.717, 1.165) is 12.0 Å². The molecular weight excluding hydrogens is 270 g/mol. The molecule has 1 rings (SSSR count). The van der Waals surface area contributed by atoms with Gasteiger partial charge in [-0.05, 0) is 24.1 Å². The molecule has 21 heavy (non-hydrogen) atoms. The van der Waals surface area contributed by atoms with Crippen molar-refractivity contribution in [1.82, 2.24) is 10.2 Å². The van der Waals surface area contributed by atoms with Gasteiger partial charge in [-0.2, -0.15) is 0 Å². The van der Waals surface area contributed by atoms with Crippen molar-refractivity contribution in [2.45, 2.75) is 12.8 Å². The average molecular weight is 293 g/mol. The molecule has 0 aromatic heterocycles. The summed E-state index contributed by atoms with van der Waals surface area (Å²) in [7, 11) is 5.08. The summed E-state index contributed by atoms with van der Waals surface area (Å²) in [6.07, 6.45) is 1.13. The number of hydrogen-bond donors (Lipinski definition) is 2. The van der Waals surface area contributed by atoms with E-state index in [4.69, 9.17) is 4.74 Å². The van der Waals surface area contributed by atoms with Crippen LogP contribution in [0.2, 0.25) is 0 Å². The molecule has 0 aliphatic carbocycles. The summed E-state index contributed by atoms with van der Waals surface area (Å²) in [6.45, 7) is 1.18. The summed E-state index contributed by atoms with van der Waals surface area (Å²) < 4.78 is 4.90. The van der Waals surface area contributed by atoms with Crippen LogP contribution in [0.5, 0.6) is 0 Å². The molecule has 1 aromatic rings. The Labute approximate surface area is 125 Å². The smallest absolute Gasteiger partial charge is 0.319 e. The van der Waals surface area contributed by atoms with Crippen molar-refractivity contribution in [3.05, 3.63) is 29.8 Å². The van der Waals surface area contributed by atoms with E-state index < -0.39 is 0 Å². The molecule has 0 aliphatic rings. The fraction of sp³-hybridized carbons (Fsp3) is 0.467. The molecule has 0 unspecified atom stereocenters. The molecule has 0 bridgehead atoms. The van der Waals surface area contributed by atoms with Crippen molar-refractivity contribution >= 4 is 17.6 Å². The van der Waals surface area contributed by atoms with Gasteiger partial charge in [0, 0.05) is 40.0 Å². The topological polar surface area (TPSA) is 70.7 Å². The number of amides is 3. The molecular formula is C15H23N3O3. The number of urea groups is 1. The van der Waals surface area contributed by atoms with E-state index in [1.54, 1.807) is 38.2 Å². The first-order valence-electron chi connectivity index (χ1n) is 6.86. The summed E-state index contributed by atoms with van der Waals surface area (Å²) in [5.74, 6) is 0.0478. The van der Waals surface area contributed by atoms with Crippen LogP contribution in [0.3, 0.4) is 0 Å². The fourth-order valence-electron chi connectivity index (χ4n) is 1.63. The van der Waals surface area contributed by atoms with E-state index in [2.05, 4.69) is 10.6 Å². The van der Waals surface area contributed by atoms with Crippen molar-refractivity contribution in [1.29, 1.82) is 0 Å². The molecule has 0 atom stereocenters. The predicted molar refractivity (Wildman–Crippen MR) is 82.4 cm³/mol. The van der Waals surface area contributed by atoms with Gasteiger partial charge < -0.3 is 20.3 Å². The second kappa shape index (κ2) is 8.97. The average Bonchev–Trinajstić information content (AvgIpc) is 2.45. The molecule has 116 valence electrons. The minimum absolute atomic E-state index is 0.0478. The molecule has 0 saturated heterocycles. The molecule has 0 saturated carbocycles. The summed E-state index contributed by atoms with van der Waals surface area (Å²) >= 11 is 0. The quantitative estimate of drug-likeness (QED) is 0.748. The highest BCUT2D eigenvalue weighted by Crippen LogP contribution is 2.10. The van der Waals surface area contributed by atoms with Gasteiger partial charge in [-0.3, -0.25) is 4.79 Å². The summed E-state index contributed by atoms with van der Waals surface area (Å²) in [5.41, 5.74) is 1.61. The number of benzene rings is 1. The van der Waals surface area contributed by atoms with Crippen molar-refractivity contribution in [2.24, 2.45) is 0 Å². The Kier molecular flexibility index (Phi) is 7.25. The van der Waals surface area contributed by atoms with Gasteiger partial charge in [0.2, 0.25) is 5.91 Å². The third-order valence-electron chi connectivity index (χ3n) is 2.88. The highest BCUT2D eigenvalue weighted by atomic mass is 16.5. The molecule has 0 aliphatic heterocycles. The maximum atomic E-state index is 11.6. The molecule has 0 fully saturated rings. The number of carbonyl (C=O) groups excluding carboxylic acids is 2. The highest BCUT2D eigenvalue weighted by molar-refractivity contribution is 5.89. The molecule has 6 heteroatoms. The van der Waals surface area contributed by atoms with Crippen molar-refractivity contribution in [3.8, 4) is 0 Å². The minimum atomic E-state index is -0.247. The van der Waals surface area contributed by atoms with E-state index in [0.29, 0.717) is 25.3 Å². The Morgan fingerprint density at radius 1 is 1.19 bits per heavy atom. The van der Waals surface area contributed by atoms with Crippen molar-refractivity contribution in [2.75, 3.05) is 39.7 Å². The van der Waals surface area contributed by atoms with Gasteiger partial charge in [-0.25, -0.2) is 4.79 Å². The SMILES string of the molecule is COCCCNC(=O)Nc1ccc(CC(=O)N(C)C)cc1. The Morgan fingerprint density at radius 3 is 2.43 bits per heavy atom. The molecule has 1 aromatic carbocycles. The zero-order chi connectivity index (χ0) is 15.7. The molecule has 2 N–H and O–H groups in total. The number of carbonyl (C=O) groups is 2. The lowest BCUT2D eigenvalue weighted by Crippen LogP contribution is -2.30. The molecule has 0 spiro atoms.